The third kappa shape index (κ3) is 5.65. The largest absolute Gasteiger partial charge is 0.454 e. The van der Waals surface area contributed by atoms with Gasteiger partial charge in [-0.25, -0.2) is 0 Å². The Morgan fingerprint density at radius 3 is 1.67 bits per heavy atom. The third-order valence-electron chi connectivity index (χ3n) is 11.5. The summed E-state index contributed by atoms with van der Waals surface area (Å²) < 4.78 is 6.94. The highest BCUT2D eigenvalue weighted by atomic mass is 16.3. The summed E-state index contributed by atoms with van der Waals surface area (Å²) in [7, 11) is 0. The second-order valence-electron chi connectivity index (χ2n) is 15.0. The zero-order valence-corrected chi connectivity index (χ0v) is 31.5. The van der Waals surface area contributed by atoms with E-state index in [9.17, 15) is 0 Å². The van der Waals surface area contributed by atoms with E-state index in [0.717, 1.165) is 55.7 Å². The van der Waals surface area contributed by atoms with Crippen molar-refractivity contribution in [2.75, 3.05) is 4.90 Å². The van der Waals surface area contributed by atoms with Gasteiger partial charge in [0.2, 0.25) is 0 Å². The summed E-state index contributed by atoms with van der Waals surface area (Å²) in [5.41, 5.74) is 13.2. The van der Waals surface area contributed by atoms with Gasteiger partial charge in [-0.3, -0.25) is 0 Å². The van der Waals surface area contributed by atoms with Crippen LogP contribution in [0.2, 0.25) is 0 Å². The minimum atomic E-state index is 0.877. The molecule has 0 saturated heterocycles. The molecule has 10 aromatic carbocycles. The van der Waals surface area contributed by atoms with Crippen LogP contribution in [0.5, 0.6) is 0 Å². The van der Waals surface area contributed by atoms with E-state index in [4.69, 9.17) is 4.42 Å². The zero-order valence-electron chi connectivity index (χ0n) is 31.5. The summed E-state index contributed by atoms with van der Waals surface area (Å²) in [5, 5.41) is 9.60. The van der Waals surface area contributed by atoms with E-state index in [2.05, 4.69) is 218 Å². The molecule has 268 valence electrons. The summed E-state index contributed by atoms with van der Waals surface area (Å²) in [6, 6.07) is 74.6. The third-order valence-corrected chi connectivity index (χ3v) is 11.5. The predicted octanol–water partition coefficient (Wildman–Crippen LogP) is 15.8. The van der Waals surface area contributed by atoms with Crippen LogP contribution >= 0.6 is 0 Å². The van der Waals surface area contributed by atoms with Gasteiger partial charge in [0.1, 0.15) is 5.58 Å². The van der Waals surface area contributed by atoms with Crippen molar-refractivity contribution >= 4 is 71.3 Å². The molecular weight excluding hydrogens is 691 g/mol. The monoisotopic (exact) mass is 727 g/mol. The van der Waals surface area contributed by atoms with Crippen LogP contribution in [0.3, 0.4) is 0 Å². The molecule has 0 saturated carbocycles. The fourth-order valence-corrected chi connectivity index (χ4v) is 8.65. The van der Waals surface area contributed by atoms with Crippen LogP contribution in [0, 0.1) is 6.92 Å². The maximum atomic E-state index is 6.94. The van der Waals surface area contributed by atoms with Crippen LogP contribution in [-0.2, 0) is 0 Å². The molecule has 0 amide bonds. The number of fused-ring (bicyclic) bond motifs is 7. The maximum Gasteiger partial charge on any atom is 0.160 e. The second-order valence-corrected chi connectivity index (χ2v) is 15.0. The van der Waals surface area contributed by atoms with Crippen molar-refractivity contribution < 1.29 is 4.42 Å². The molecule has 11 rings (SSSR count). The van der Waals surface area contributed by atoms with Gasteiger partial charge in [0.15, 0.2) is 5.58 Å². The average molecular weight is 728 g/mol. The first kappa shape index (κ1) is 33.0. The number of hydrogen-bond acceptors (Lipinski definition) is 2. The molecule has 0 unspecified atom stereocenters. The summed E-state index contributed by atoms with van der Waals surface area (Å²) in [4.78, 5) is 2.38. The van der Waals surface area contributed by atoms with Crippen molar-refractivity contribution in [3.8, 4) is 33.4 Å². The van der Waals surface area contributed by atoms with Crippen LogP contribution in [-0.4, -0.2) is 0 Å². The molecule has 57 heavy (non-hydrogen) atoms. The smallest absolute Gasteiger partial charge is 0.160 e. The maximum absolute atomic E-state index is 6.94. The van der Waals surface area contributed by atoms with Crippen molar-refractivity contribution in [2.24, 2.45) is 0 Å². The minimum Gasteiger partial charge on any atom is -0.454 e. The molecule has 0 bridgehead atoms. The highest BCUT2D eigenvalue weighted by Gasteiger charge is 2.24. The molecule has 1 aromatic heterocycles. The van der Waals surface area contributed by atoms with Gasteiger partial charge in [0.05, 0.1) is 11.4 Å². The Hall–Kier alpha value is -7.42. The molecule has 0 aliphatic heterocycles. The van der Waals surface area contributed by atoms with Gasteiger partial charge in [0, 0.05) is 22.0 Å². The molecule has 1 heterocycles. The van der Waals surface area contributed by atoms with Crippen molar-refractivity contribution in [3.05, 3.63) is 212 Å². The van der Waals surface area contributed by atoms with Crippen molar-refractivity contribution in [1.29, 1.82) is 0 Å². The van der Waals surface area contributed by atoms with Gasteiger partial charge in [-0.2, -0.15) is 0 Å². The van der Waals surface area contributed by atoms with E-state index in [-0.39, 0.29) is 0 Å². The van der Waals surface area contributed by atoms with Gasteiger partial charge >= 0.3 is 0 Å². The number of para-hydroxylation sites is 2. The number of aryl methyl sites for hydroxylation is 1. The van der Waals surface area contributed by atoms with Gasteiger partial charge < -0.3 is 9.32 Å². The van der Waals surface area contributed by atoms with Gasteiger partial charge in [-0.15, -0.1) is 0 Å². The fraction of sp³-hybridized carbons (Fsp3) is 0.0182. The first-order chi connectivity index (χ1) is 28.2. The van der Waals surface area contributed by atoms with Crippen LogP contribution in [0.25, 0.3) is 87.6 Å². The Balaban J connectivity index is 1.05. The lowest BCUT2D eigenvalue weighted by molar-refractivity contribution is 0.666. The van der Waals surface area contributed by atoms with E-state index < -0.39 is 0 Å². The fourth-order valence-electron chi connectivity index (χ4n) is 8.65. The topological polar surface area (TPSA) is 16.4 Å². The lowest BCUT2D eigenvalue weighted by Gasteiger charge is -2.28. The van der Waals surface area contributed by atoms with Crippen molar-refractivity contribution in [1.82, 2.24) is 0 Å². The number of furan rings is 1. The van der Waals surface area contributed by atoms with Gasteiger partial charge in [0.25, 0.3) is 0 Å². The molecule has 0 fully saturated rings. The van der Waals surface area contributed by atoms with E-state index in [1.807, 2.05) is 0 Å². The Morgan fingerprint density at radius 2 is 0.912 bits per heavy atom. The van der Waals surface area contributed by atoms with Crippen LogP contribution in [0.15, 0.2) is 211 Å². The molecule has 0 N–H and O–H groups in total. The van der Waals surface area contributed by atoms with E-state index >= 15 is 0 Å². The average Bonchev–Trinajstić information content (AvgIpc) is 3.68. The molecule has 0 aliphatic rings. The molecule has 0 atom stereocenters. The lowest BCUT2D eigenvalue weighted by Crippen LogP contribution is -2.11. The molecule has 2 nitrogen and oxygen atoms in total. The van der Waals surface area contributed by atoms with Crippen molar-refractivity contribution in [2.45, 2.75) is 6.92 Å². The Morgan fingerprint density at radius 1 is 0.351 bits per heavy atom. The van der Waals surface area contributed by atoms with Crippen LogP contribution < -0.4 is 4.90 Å². The quantitative estimate of drug-likeness (QED) is 0.170. The van der Waals surface area contributed by atoms with Gasteiger partial charge in [-0.1, -0.05) is 164 Å². The first-order valence-corrected chi connectivity index (χ1v) is 19.6. The standard InChI is InChI=1S/C55H37NO/c1-36-12-11-20-50-53-49-19-8-7-17-46(49)35-52(55(53)57-54(36)50)56(51-21-10-9-18-48(51)39-14-3-2-4-15-39)47-30-28-38(29-31-47)41-24-25-44-34-45(27-26-43(44)33-41)42-23-22-37-13-5-6-16-40(37)32-42/h2-35H,1H3. The van der Waals surface area contributed by atoms with Crippen molar-refractivity contribution in [3.63, 3.8) is 0 Å². The molecule has 11 aromatic rings. The van der Waals surface area contributed by atoms with E-state index in [1.54, 1.807) is 0 Å². The second kappa shape index (κ2) is 13.4. The summed E-state index contributed by atoms with van der Waals surface area (Å²) >= 11 is 0. The summed E-state index contributed by atoms with van der Waals surface area (Å²) in [6.45, 7) is 2.13. The zero-order chi connectivity index (χ0) is 37.9. The summed E-state index contributed by atoms with van der Waals surface area (Å²) in [6.07, 6.45) is 0. The number of benzene rings is 10. The molecule has 0 radical (unpaired) electrons. The molecular formula is C55H37NO. The minimum absolute atomic E-state index is 0.877. The summed E-state index contributed by atoms with van der Waals surface area (Å²) in [5.74, 6) is 0. The van der Waals surface area contributed by atoms with Gasteiger partial charge in [-0.05, 0) is 115 Å². The molecule has 2 heteroatoms. The van der Waals surface area contributed by atoms with Crippen LogP contribution in [0.1, 0.15) is 5.56 Å². The number of hydrogen-bond donors (Lipinski definition) is 0. The van der Waals surface area contributed by atoms with E-state index in [0.29, 0.717) is 0 Å². The predicted molar refractivity (Wildman–Crippen MR) is 242 cm³/mol. The van der Waals surface area contributed by atoms with E-state index in [1.165, 1.54) is 54.6 Å². The highest BCUT2D eigenvalue weighted by Crippen LogP contribution is 2.48. The Bertz CT molecular complexity index is 3300. The first-order valence-electron chi connectivity index (χ1n) is 19.6. The van der Waals surface area contributed by atoms with Crippen LogP contribution in [0.4, 0.5) is 17.1 Å². The Kier molecular flexibility index (Phi) is 7.75. The normalized spacial score (nSPS) is 11.6. The SMILES string of the molecule is Cc1cccc2c1oc1c(N(c3ccc(-c4ccc5cc(-c6ccc7ccccc7c6)ccc5c4)cc3)c3ccccc3-c3ccccc3)cc3ccccc3c12. The number of rotatable bonds is 6. The highest BCUT2D eigenvalue weighted by molar-refractivity contribution is 6.23. The number of nitrogens with zero attached hydrogens (tertiary/aromatic N) is 1. The molecule has 0 spiro atoms. The number of anilines is 3. The lowest BCUT2D eigenvalue weighted by atomic mass is 9.96. The Labute approximate surface area is 331 Å². The molecule has 0 aliphatic carbocycles.